The second-order valence-corrected chi connectivity index (χ2v) is 36.1. The van der Waals surface area contributed by atoms with Gasteiger partial charge in [-0.25, -0.2) is 55.0 Å². The minimum Gasteiger partial charge on any atom is -0.403 e. The highest BCUT2D eigenvalue weighted by Gasteiger charge is 2.62. The van der Waals surface area contributed by atoms with E-state index in [0.717, 1.165) is 18.6 Å². The number of nitrogens with zero attached hydrogens (tertiary/aromatic N) is 4. The number of phosphoric acid groups is 4. The molecule has 4 unspecified atom stereocenters. The molecule has 8 aliphatic rings. The first kappa shape index (κ1) is 88.3. The van der Waals surface area contributed by atoms with Gasteiger partial charge in [-0.1, -0.05) is 122 Å². The van der Waals surface area contributed by atoms with Crippen LogP contribution in [0.3, 0.4) is 0 Å². The van der Waals surface area contributed by atoms with Crippen LogP contribution in [0.25, 0.3) is 0 Å². The van der Waals surface area contributed by atoms with Crippen molar-refractivity contribution in [1.82, 2.24) is 38.2 Å². The maximum absolute atomic E-state index is 15.9. The average Bonchev–Trinajstić information content (AvgIpc) is 1.48. The monoisotopic (exact) mass is 1960 g/mol. The van der Waals surface area contributed by atoms with Gasteiger partial charge >= 0.3 is 54.0 Å². The van der Waals surface area contributed by atoms with Crippen molar-refractivity contribution in [2.75, 3.05) is 26.3 Å². The van der Waals surface area contributed by atoms with E-state index < -0.39 is 177 Å². The maximum atomic E-state index is 15.9. The highest BCUT2D eigenvalue weighted by Crippen LogP contribution is 2.61. The summed E-state index contributed by atoms with van der Waals surface area (Å²) in [6, 6.07) is 20.0. The van der Waals surface area contributed by atoms with E-state index in [1.54, 1.807) is 100 Å². The van der Waals surface area contributed by atoms with Crippen LogP contribution in [-0.4, -0.2) is 203 Å². The van der Waals surface area contributed by atoms with Crippen LogP contribution in [0.4, 0.5) is 17.6 Å². The van der Waals surface area contributed by atoms with Crippen LogP contribution < -0.4 is 40.9 Å². The number of alkyl halides is 4. The number of aryl methyl sites for hydroxylation is 4. The standard InChI is InChI=1S/4C18H18FN2O9PS/c4*1-9-3-2-4-10-7-27-31(26,30-13(9)10)28-8-18(19)14(24)12(23)16(29-18)21-5-11(6-22)15(32)20-17(21)25/h4*2-6,12,14,16,23-24H,7-8H2,1H3,(H,20,25,32)/t4*12-,14+,16-,18-,31?/m1111/s1/i8D2,16D;16D;8D2;. The maximum Gasteiger partial charge on any atom is 0.530 e. The minimum absolute atomic E-state index is 0.0565. The Labute approximate surface area is 742 Å². The third-order valence-electron chi connectivity index (χ3n) is 19.5. The van der Waals surface area contributed by atoms with E-state index in [9.17, 15) is 97.5 Å². The molecule has 4 aromatic heterocycles. The summed E-state index contributed by atoms with van der Waals surface area (Å²) in [5.41, 5.74) is -0.815. The number of aldehydes is 4. The Morgan fingerprint density at radius 1 is 0.406 bits per heavy atom. The number of benzene rings is 4. The third-order valence-corrected chi connectivity index (χ3v) is 25.8. The Hall–Kier alpha value is -9.00. The van der Waals surface area contributed by atoms with E-state index in [0.29, 0.717) is 70.7 Å². The zero-order valence-electron chi connectivity index (χ0n) is 71.3. The minimum atomic E-state index is -4.86. The number of carbonyl (C=O) groups is 4. The lowest BCUT2D eigenvalue weighted by molar-refractivity contribution is -0.205. The Morgan fingerprint density at radius 3 is 0.961 bits per heavy atom. The molecule has 128 heavy (non-hydrogen) atoms. The Morgan fingerprint density at radius 2 is 0.648 bits per heavy atom. The molecule has 0 saturated carbocycles. The molecule has 4 saturated heterocycles. The molecule has 0 radical (unpaired) electrons. The number of para-hydroxylation sites is 4. The van der Waals surface area contributed by atoms with Crippen molar-refractivity contribution in [2.24, 2.45) is 0 Å². The molecular formula is C72H72F4N8O36P4S4. The number of H-pyrrole nitrogens is 4. The van der Waals surface area contributed by atoms with Gasteiger partial charge in [0.25, 0.3) is 23.4 Å². The van der Waals surface area contributed by atoms with E-state index in [1.165, 1.54) is 0 Å². The van der Waals surface area contributed by atoms with Crippen molar-refractivity contribution >= 4 is 105 Å². The van der Waals surface area contributed by atoms with Gasteiger partial charge in [-0.05, 0) is 49.9 Å². The molecule has 16 rings (SSSR count). The number of ether oxygens (including phenoxy) is 4. The number of aromatic amines is 4. The fourth-order valence-corrected chi connectivity index (χ4v) is 18.4. The van der Waals surface area contributed by atoms with Crippen molar-refractivity contribution in [2.45, 2.75) is 151 Å². The lowest BCUT2D eigenvalue weighted by Gasteiger charge is -2.29. The lowest BCUT2D eigenvalue weighted by atomic mass is 10.1. The number of nitrogens with one attached hydrogen (secondary N) is 4. The molecular weight excluding hydrogens is 1880 g/mol. The molecule has 4 fully saturated rings. The lowest BCUT2D eigenvalue weighted by Crippen LogP contribution is -2.43. The van der Waals surface area contributed by atoms with Crippen molar-refractivity contribution in [3.05, 3.63) is 225 Å². The first-order chi connectivity index (χ1) is 62.5. The van der Waals surface area contributed by atoms with Gasteiger partial charge in [-0.3, -0.25) is 93.6 Å². The zero-order valence-corrected chi connectivity index (χ0v) is 72.1. The van der Waals surface area contributed by atoms with E-state index in [1.807, 2.05) is 4.98 Å². The van der Waals surface area contributed by atoms with Gasteiger partial charge in [0, 0.05) is 47.0 Å². The summed E-state index contributed by atoms with van der Waals surface area (Å²) in [5.74, 6) is -13.7. The van der Waals surface area contributed by atoms with Gasteiger partial charge in [0.1, 0.15) is 117 Å². The number of aromatic nitrogens is 8. The van der Waals surface area contributed by atoms with E-state index >= 15 is 17.6 Å². The second-order valence-electron chi connectivity index (χ2n) is 28.2. The average molecular weight is 1960 g/mol. The number of halogens is 4. The Bertz CT molecular complexity index is 6800. The summed E-state index contributed by atoms with van der Waals surface area (Å²) in [5, 5.41) is 82.6. The van der Waals surface area contributed by atoms with Gasteiger partial charge in [0.2, 0.25) is 0 Å². The second kappa shape index (κ2) is 37.7. The molecule has 56 heteroatoms. The summed E-state index contributed by atoms with van der Waals surface area (Å²) < 4.78 is 244. The largest absolute Gasteiger partial charge is 0.530 e. The summed E-state index contributed by atoms with van der Waals surface area (Å²) in [4.78, 5) is 102. The topological polar surface area (TPSA) is 597 Å². The fourth-order valence-electron chi connectivity index (χ4n) is 12.7. The summed E-state index contributed by atoms with van der Waals surface area (Å²) in [6.45, 7) is -4.32. The first-order valence-electron chi connectivity index (χ1n) is 39.5. The fraction of sp³-hybridized carbons (Fsp3) is 0.389. The highest BCUT2D eigenvalue weighted by molar-refractivity contribution is 7.72. The molecule has 8 aliphatic heterocycles. The predicted octanol–water partition coefficient (Wildman–Crippen LogP) is 6.71. The van der Waals surface area contributed by atoms with Gasteiger partial charge in [-0.2, -0.15) is 0 Å². The van der Waals surface area contributed by atoms with Crippen LogP contribution in [0, 0.1) is 46.3 Å². The smallest absolute Gasteiger partial charge is 0.403 e. The number of hydrogen-bond donors (Lipinski definition) is 12. The highest BCUT2D eigenvalue weighted by atomic mass is 32.1. The molecule has 0 bridgehead atoms. The van der Waals surface area contributed by atoms with Crippen molar-refractivity contribution in [3.8, 4) is 23.0 Å². The number of fused-ring (bicyclic) bond motifs is 4. The number of aliphatic hydroxyl groups is 8. The number of rotatable bonds is 20. The zero-order chi connectivity index (χ0) is 98.5. The Balaban J connectivity index is 0.000000152. The van der Waals surface area contributed by atoms with Crippen LogP contribution in [-0.2, 0) is 99.8 Å². The molecule has 0 amide bonds. The molecule has 12 N–H and O–H groups in total. The van der Waals surface area contributed by atoms with Crippen molar-refractivity contribution < 1.29 is 177 Å². The van der Waals surface area contributed by atoms with E-state index in [4.69, 9.17) is 130 Å². The van der Waals surface area contributed by atoms with Gasteiger partial charge < -0.3 is 77.9 Å². The molecule has 4 aromatic carbocycles. The quantitative estimate of drug-likeness (QED) is 0.0163. The Kier molecular flexibility index (Phi) is 26.0. The third kappa shape index (κ3) is 19.7. The van der Waals surface area contributed by atoms with Crippen LogP contribution in [0.5, 0.6) is 23.0 Å². The van der Waals surface area contributed by atoms with E-state index in [2.05, 4.69) is 15.0 Å². The molecule has 12 heterocycles. The molecule has 20 atom stereocenters. The summed E-state index contributed by atoms with van der Waals surface area (Å²) in [7, 11) is -18.3. The van der Waals surface area contributed by atoms with Crippen molar-refractivity contribution in [1.29, 1.82) is 0 Å². The van der Waals surface area contributed by atoms with Crippen LogP contribution >= 0.6 is 80.2 Å². The number of phosphoric ester groups is 4. The summed E-state index contributed by atoms with van der Waals surface area (Å²) >= 11 is 19.2. The predicted molar refractivity (Wildman–Crippen MR) is 430 cm³/mol. The molecule has 688 valence electrons. The van der Waals surface area contributed by atoms with Gasteiger partial charge in [-0.15, -0.1) is 0 Å². The number of hydrogen-bond acceptors (Lipinski definition) is 40. The SMILES string of the molecule is Cc1cccc2c1OP(=O)(OC[C@@]1(F)O[C@@H](n3cc(C=O)c(=S)[nH]c3=O)[C@H](O)[C@@H]1O)OC2.[2H]C([2H])(OP1(=O)OCc2cccc(C)c2O1)[C@@]1(F)O[C@@H](n2cc(C=O)c(=S)[nH]c2=O)[C@H](O)[C@@H]1O.[2H]C([2H])(OP1(=O)OCc2cccc(C)c2O1)[C@@]1(F)O[C@@]([2H])(n2cc(C=O)c(=S)[nH]c2=O)[C@H](O)[C@@H]1O.[2H][C@@]1(n2cc(C=O)c(=S)[nH]c2=O)O[C@](F)(COP2(=O)OCc3cccc(C)c3O2)[C@@H](O)[C@H]1O. The van der Waals surface area contributed by atoms with Crippen LogP contribution in [0.15, 0.2) is 117 Å². The normalized spacial score (nSPS) is 33.8. The molecule has 0 spiro atoms. The number of aliphatic hydroxyl groups excluding tert-OH is 8. The van der Waals surface area contributed by atoms with Gasteiger partial charge in [0.15, 0.2) is 50.0 Å². The van der Waals surface area contributed by atoms with Gasteiger partial charge in [0.05, 0.1) is 56.9 Å². The summed E-state index contributed by atoms with van der Waals surface area (Å²) in [6.07, 6.45) is -24.8. The van der Waals surface area contributed by atoms with Crippen LogP contribution in [0.2, 0.25) is 0 Å². The molecule has 44 nitrogen and oxygen atoms in total. The van der Waals surface area contributed by atoms with Crippen molar-refractivity contribution in [3.63, 3.8) is 0 Å². The molecule has 0 aliphatic carbocycles. The first-order valence-corrected chi connectivity index (χ1v) is 44.0. The molecule has 8 aromatic rings. The number of carbonyl (C=O) groups excluding carboxylic acids is 4. The van der Waals surface area contributed by atoms with Crippen LogP contribution in [0.1, 0.15) is 119 Å². The van der Waals surface area contributed by atoms with E-state index in [-0.39, 0.29) is 114 Å².